The van der Waals surface area contributed by atoms with Crippen molar-refractivity contribution in [2.45, 2.75) is 51.1 Å². The number of hydrogen-bond acceptors (Lipinski definition) is 9. The third-order valence-corrected chi connectivity index (χ3v) is 7.29. The van der Waals surface area contributed by atoms with Gasteiger partial charge in [0.1, 0.15) is 17.8 Å². The van der Waals surface area contributed by atoms with Gasteiger partial charge in [-0.05, 0) is 82.7 Å². The Kier molecular flexibility index (Phi) is 18.2. The molecule has 9 nitrogen and oxygen atoms in total. The molecule has 2 heterocycles. The SMILES string of the molecule is CNC(C)C(=O)OCC1CCOCC1.CNC(Cc1ccccc1)C(=O)OCC1CCOCC1.COc1ccccc1. The van der Waals surface area contributed by atoms with Crippen molar-refractivity contribution in [2.24, 2.45) is 11.8 Å². The molecule has 2 atom stereocenters. The molecule has 4 rings (SSSR count). The number of methoxy groups -OCH3 is 1. The van der Waals surface area contributed by atoms with E-state index in [0.29, 0.717) is 31.5 Å². The van der Waals surface area contributed by atoms with E-state index < -0.39 is 0 Å². The van der Waals surface area contributed by atoms with Crippen molar-refractivity contribution < 1.29 is 33.3 Å². The highest BCUT2D eigenvalue weighted by atomic mass is 16.5. The van der Waals surface area contributed by atoms with Gasteiger partial charge in [0.15, 0.2) is 0 Å². The molecule has 0 amide bonds. The number of para-hydroxylation sites is 1. The van der Waals surface area contributed by atoms with E-state index in [1.54, 1.807) is 28.1 Å². The molecule has 2 aliphatic rings. The van der Waals surface area contributed by atoms with Gasteiger partial charge in [0.05, 0.1) is 20.3 Å². The molecule has 9 heteroatoms. The predicted molar refractivity (Wildman–Crippen MR) is 164 cm³/mol. The van der Waals surface area contributed by atoms with E-state index in [4.69, 9.17) is 23.7 Å². The number of likely N-dealkylation sites (N-methyl/N-ethyl adjacent to an activating group) is 2. The van der Waals surface area contributed by atoms with E-state index in [2.05, 4.69) is 10.6 Å². The molecule has 0 aromatic heterocycles. The lowest BCUT2D eigenvalue weighted by molar-refractivity contribution is -0.149. The molecule has 234 valence electrons. The van der Waals surface area contributed by atoms with Gasteiger partial charge in [-0.3, -0.25) is 9.59 Å². The van der Waals surface area contributed by atoms with Crippen LogP contribution in [-0.2, 0) is 35.0 Å². The highest BCUT2D eigenvalue weighted by Gasteiger charge is 2.21. The summed E-state index contributed by atoms with van der Waals surface area (Å²) in [6, 6.07) is 19.2. The van der Waals surface area contributed by atoms with Gasteiger partial charge in [-0.25, -0.2) is 0 Å². The van der Waals surface area contributed by atoms with Crippen LogP contribution in [-0.4, -0.2) is 84.9 Å². The molecule has 2 N–H and O–H groups in total. The number of carbonyl (C=O) groups excluding carboxylic acids is 2. The van der Waals surface area contributed by atoms with Crippen molar-refractivity contribution in [3.63, 3.8) is 0 Å². The molecule has 2 saturated heterocycles. The van der Waals surface area contributed by atoms with Gasteiger partial charge in [0.25, 0.3) is 0 Å². The number of benzene rings is 2. The minimum absolute atomic E-state index is 0.164. The maximum Gasteiger partial charge on any atom is 0.323 e. The average molecular weight is 587 g/mol. The summed E-state index contributed by atoms with van der Waals surface area (Å²) in [5.74, 6) is 1.51. The fourth-order valence-electron chi connectivity index (χ4n) is 4.28. The fourth-order valence-corrected chi connectivity index (χ4v) is 4.28. The van der Waals surface area contributed by atoms with Gasteiger partial charge < -0.3 is 34.3 Å². The van der Waals surface area contributed by atoms with Crippen molar-refractivity contribution in [3.8, 4) is 5.75 Å². The van der Waals surface area contributed by atoms with Crippen molar-refractivity contribution in [1.82, 2.24) is 10.6 Å². The van der Waals surface area contributed by atoms with Crippen molar-refractivity contribution in [2.75, 3.05) is 60.8 Å². The fraction of sp³-hybridized carbons (Fsp3) is 0.576. The van der Waals surface area contributed by atoms with Crippen LogP contribution in [0.2, 0.25) is 0 Å². The molecule has 0 bridgehead atoms. The first kappa shape index (κ1) is 35.2. The summed E-state index contributed by atoms with van der Waals surface area (Å²) in [5.41, 5.74) is 1.13. The van der Waals surface area contributed by atoms with Gasteiger partial charge in [-0.1, -0.05) is 48.5 Å². The molecular formula is C33H50N2O7. The van der Waals surface area contributed by atoms with Crippen LogP contribution in [0.5, 0.6) is 5.75 Å². The summed E-state index contributed by atoms with van der Waals surface area (Å²) >= 11 is 0. The van der Waals surface area contributed by atoms with Crippen LogP contribution in [0.1, 0.15) is 38.2 Å². The molecule has 0 saturated carbocycles. The lowest BCUT2D eigenvalue weighted by Crippen LogP contribution is -2.38. The first-order chi connectivity index (χ1) is 20.5. The largest absolute Gasteiger partial charge is 0.497 e. The first-order valence-corrected chi connectivity index (χ1v) is 14.9. The Hall–Kier alpha value is -2.98. The van der Waals surface area contributed by atoms with E-state index in [9.17, 15) is 9.59 Å². The Bertz CT molecular complexity index is 965. The van der Waals surface area contributed by atoms with Crippen LogP contribution in [0.3, 0.4) is 0 Å². The van der Waals surface area contributed by atoms with Gasteiger partial charge in [0, 0.05) is 26.4 Å². The van der Waals surface area contributed by atoms with Crippen LogP contribution in [0.25, 0.3) is 0 Å². The van der Waals surface area contributed by atoms with Crippen molar-refractivity contribution in [1.29, 1.82) is 0 Å². The standard InChI is InChI=1S/C16H23NO3.C10H19NO3.C7H8O/c1-17-15(11-13-5-3-2-4-6-13)16(18)20-12-14-7-9-19-10-8-14;1-8(11-2)10(12)14-7-9-3-5-13-6-4-9;1-8-7-5-3-2-4-6-7/h2-6,14-15,17H,7-12H2,1H3;8-9,11H,3-7H2,1-2H3;2-6H,1H3. The van der Waals surface area contributed by atoms with E-state index in [-0.39, 0.29) is 24.0 Å². The van der Waals surface area contributed by atoms with E-state index >= 15 is 0 Å². The average Bonchev–Trinajstić information content (AvgIpc) is 3.07. The van der Waals surface area contributed by atoms with Crippen molar-refractivity contribution in [3.05, 3.63) is 66.2 Å². The van der Waals surface area contributed by atoms with Gasteiger partial charge in [0.2, 0.25) is 0 Å². The number of esters is 2. The van der Waals surface area contributed by atoms with Crippen LogP contribution >= 0.6 is 0 Å². The second kappa shape index (κ2) is 21.7. The summed E-state index contributed by atoms with van der Waals surface area (Å²) in [6.45, 7) is 5.99. The Balaban J connectivity index is 0.000000242. The third kappa shape index (κ3) is 14.8. The van der Waals surface area contributed by atoms with Crippen molar-refractivity contribution >= 4 is 11.9 Å². The Morgan fingerprint density at radius 1 is 0.762 bits per heavy atom. The van der Waals surface area contributed by atoms with Crippen LogP contribution in [0.15, 0.2) is 60.7 Å². The topological polar surface area (TPSA) is 104 Å². The zero-order valence-electron chi connectivity index (χ0n) is 25.7. The molecule has 2 fully saturated rings. The Morgan fingerprint density at radius 3 is 1.67 bits per heavy atom. The highest BCUT2D eigenvalue weighted by molar-refractivity contribution is 5.76. The lowest BCUT2D eigenvalue weighted by Gasteiger charge is -2.23. The second-order valence-corrected chi connectivity index (χ2v) is 10.4. The minimum Gasteiger partial charge on any atom is -0.497 e. The van der Waals surface area contributed by atoms with Crippen LogP contribution < -0.4 is 15.4 Å². The summed E-state index contributed by atoms with van der Waals surface area (Å²) in [6.07, 6.45) is 4.62. The molecule has 42 heavy (non-hydrogen) atoms. The summed E-state index contributed by atoms with van der Waals surface area (Å²) in [4.78, 5) is 23.4. The molecule has 0 aliphatic carbocycles. The quantitative estimate of drug-likeness (QED) is 0.378. The van der Waals surface area contributed by atoms with Crippen LogP contribution in [0, 0.1) is 11.8 Å². The van der Waals surface area contributed by atoms with Gasteiger partial charge >= 0.3 is 11.9 Å². The molecule has 2 aromatic carbocycles. The smallest absolute Gasteiger partial charge is 0.323 e. The lowest BCUT2D eigenvalue weighted by atomic mass is 10.0. The monoisotopic (exact) mass is 586 g/mol. The highest BCUT2D eigenvalue weighted by Crippen LogP contribution is 2.16. The first-order valence-electron chi connectivity index (χ1n) is 14.9. The number of nitrogens with one attached hydrogen (secondary N) is 2. The molecule has 2 unspecified atom stereocenters. The molecule has 2 aromatic rings. The number of hydrogen-bond donors (Lipinski definition) is 2. The van der Waals surface area contributed by atoms with Gasteiger partial charge in [-0.2, -0.15) is 0 Å². The maximum absolute atomic E-state index is 12.1. The zero-order valence-corrected chi connectivity index (χ0v) is 25.7. The zero-order chi connectivity index (χ0) is 30.4. The molecule has 0 spiro atoms. The summed E-state index contributed by atoms with van der Waals surface area (Å²) < 4.78 is 26.1. The molecular weight excluding hydrogens is 536 g/mol. The Labute approximate surface area is 251 Å². The second-order valence-electron chi connectivity index (χ2n) is 10.4. The van der Waals surface area contributed by atoms with E-state index in [1.807, 2.05) is 60.7 Å². The summed E-state index contributed by atoms with van der Waals surface area (Å²) in [7, 11) is 5.21. The number of carbonyl (C=O) groups is 2. The summed E-state index contributed by atoms with van der Waals surface area (Å²) in [5, 5.41) is 5.89. The van der Waals surface area contributed by atoms with Gasteiger partial charge in [-0.15, -0.1) is 0 Å². The molecule has 2 aliphatic heterocycles. The predicted octanol–water partition coefficient (Wildman–Crippen LogP) is 4.05. The molecule has 0 radical (unpaired) electrons. The minimum atomic E-state index is -0.280. The maximum atomic E-state index is 12.1. The number of rotatable bonds is 11. The third-order valence-electron chi connectivity index (χ3n) is 7.29. The van der Waals surface area contributed by atoms with E-state index in [0.717, 1.165) is 63.4 Å². The number of ether oxygens (including phenoxy) is 5. The van der Waals surface area contributed by atoms with Crippen LogP contribution in [0.4, 0.5) is 0 Å². The van der Waals surface area contributed by atoms with E-state index in [1.165, 1.54) is 0 Å². The Morgan fingerprint density at radius 2 is 1.24 bits per heavy atom. The normalized spacial score (nSPS) is 16.9.